The molecular formula is C36H58O4Si2. The summed E-state index contributed by atoms with van der Waals surface area (Å²) >= 11 is 0. The fourth-order valence-electron chi connectivity index (χ4n) is 5.30. The molecule has 2 aromatic carbocycles. The summed E-state index contributed by atoms with van der Waals surface area (Å²) in [4.78, 5) is 0. The summed E-state index contributed by atoms with van der Waals surface area (Å²) < 4.78 is 24.9. The van der Waals surface area contributed by atoms with Gasteiger partial charge in [-0.2, -0.15) is 0 Å². The van der Waals surface area contributed by atoms with E-state index in [1.54, 1.807) is 14.2 Å². The van der Waals surface area contributed by atoms with Gasteiger partial charge in [0.1, 0.15) is 6.10 Å². The Kier molecular flexibility index (Phi) is 14.2. The molecule has 0 fully saturated rings. The van der Waals surface area contributed by atoms with Crippen LogP contribution in [-0.4, -0.2) is 49.4 Å². The van der Waals surface area contributed by atoms with Crippen LogP contribution in [0.2, 0.25) is 23.2 Å². The maximum absolute atomic E-state index is 7.54. The van der Waals surface area contributed by atoms with Crippen LogP contribution in [0.5, 0.6) is 0 Å². The Morgan fingerprint density at radius 2 is 1.19 bits per heavy atom. The van der Waals surface area contributed by atoms with E-state index in [0.29, 0.717) is 6.42 Å². The molecule has 42 heavy (non-hydrogen) atoms. The molecule has 0 saturated carbocycles. The van der Waals surface area contributed by atoms with Gasteiger partial charge in [0.15, 0.2) is 14.6 Å². The lowest BCUT2D eigenvalue weighted by molar-refractivity contribution is -0.107. The third-order valence-corrected chi connectivity index (χ3v) is 18.3. The minimum absolute atomic E-state index is 0.0181. The SMILES string of the molecule is COC(CCCCC[C@@H](CC#C[C@H](C)O[Si](C)(C)C(C)(C)C)O[Si](c1ccccc1)(c1ccccc1)C(C)(C)C)OC. The Balaban J connectivity index is 2.39. The molecule has 0 unspecified atom stereocenters. The molecule has 0 aliphatic rings. The molecule has 2 atom stereocenters. The van der Waals surface area contributed by atoms with E-state index in [4.69, 9.17) is 18.3 Å². The normalized spacial score (nSPS) is 14.4. The van der Waals surface area contributed by atoms with Crippen LogP contribution >= 0.6 is 0 Å². The zero-order chi connectivity index (χ0) is 31.4. The first-order chi connectivity index (χ1) is 19.7. The Morgan fingerprint density at radius 1 is 0.690 bits per heavy atom. The van der Waals surface area contributed by atoms with Crippen molar-refractivity contribution in [3.05, 3.63) is 60.7 Å². The van der Waals surface area contributed by atoms with Crippen LogP contribution in [0.25, 0.3) is 0 Å². The van der Waals surface area contributed by atoms with Crippen molar-refractivity contribution >= 4 is 27.0 Å². The lowest BCUT2D eigenvalue weighted by Gasteiger charge is -2.45. The van der Waals surface area contributed by atoms with Crippen LogP contribution < -0.4 is 10.4 Å². The summed E-state index contributed by atoms with van der Waals surface area (Å²) in [5.41, 5.74) is 0. The van der Waals surface area contributed by atoms with E-state index in [1.165, 1.54) is 10.4 Å². The van der Waals surface area contributed by atoms with Gasteiger partial charge in [-0.3, -0.25) is 0 Å². The van der Waals surface area contributed by atoms with Gasteiger partial charge in [-0.15, -0.1) is 0 Å². The zero-order valence-corrected chi connectivity index (χ0v) is 30.4. The van der Waals surface area contributed by atoms with E-state index < -0.39 is 16.6 Å². The van der Waals surface area contributed by atoms with Crippen molar-refractivity contribution in [2.24, 2.45) is 0 Å². The van der Waals surface area contributed by atoms with Gasteiger partial charge in [-0.1, -0.05) is 127 Å². The van der Waals surface area contributed by atoms with E-state index in [-0.39, 0.29) is 28.6 Å². The second kappa shape index (κ2) is 16.4. The number of methoxy groups -OCH3 is 2. The van der Waals surface area contributed by atoms with Crippen LogP contribution in [0.3, 0.4) is 0 Å². The van der Waals surface area contributed by atoms with E-state index >= 15 is 0 Å². The molecule has 0 bridgehead atoms. The highest BCUT2D eigenvalue weighted by Gasteiger charge is 2.51. The molecule has 0 radical (unpaired) electrons. The average Bonchev–Trinajstić information content (AvgIpc) is 2.92. The van der Waals surface area contributed by atoms with E-state index in [9.17, 15) is 0 Å². The summed E-state index contributed by atoms with van der Waals surface area (Å²) in [6, 6.07) is 21.8. The van der Waals surface area contributed by atoms with Crippen LogP contribution in [0.15, 0.2) is 60.7 Å². The van der Waals surface area contributed by atoms with E-state index in [2.05, 4.69) is 134 Å². The predicted octanol–water partition coefficient (Wildman–Crippen LogP) is 8.30. The molecule has 0 aromatic heterocycles. The standard InChI is InChI=1S/C36H58O4Si2/c1-30(39-41(10,11)35(2,3)4)22-21-24-31(23-15-12-20-29-34(37-8)38-9)40-42(36(5,6)7,32-25-16-13-17-26-32)33-27-18-14-19-28-33/h13-14,16-19,25-28,30-31,34H,12,15,20,23-24,29H2,1-11H3/t30-,31-/m0/s1. The second-order valence-electron chi connectivity index (χ2n) is 14.0. The van der Waals surface area contributed by atoms with Crippen molar-refractivity contribution in [2.75, 3.05) is 14.2 Å². The van der Waals surface area contributed by atoms with Crippen molar-refractivity contribution in [1.82, 2.24) is 0 Å². The molecule has 2 rings (SSSR count). The second-order valence-corrected chi connectivity index (χ2v) is 23.0. The Labute approximate surface area is 260 Å². The van der Waals surface area contributed by atoms with E-state index in [0.717, 1.165) is 32.1 Å². The molecule has 0 N–H and O–H groups in total. The fraction of sp³-hybridized carbons (Fsp3) is 0.611. The summed E-state index contributed by atoms with van der Waals surface area (Å²) in [7, 11) is -1.16. The molecule has 0 amide bonds. The summed E-state index contributed by atoms with van der Waals surface area (Å²) in [6.45, 7) is 20.5. The minimum Gasteiger partial charge on any atom is -0.404 e. The molecule has 234 valence electrons. The largest absolute Gasteiger partial charge is 0.404 e. The van der Waals surface area contributed by atoms with Crippen LogP contribution in [0, 0.1) is 11.8 Å². The molecule has 6 heteroatoms. The third kappa shape index (κ3) is 10.2. The first kappa shape index (κ1) is 36.5. The molecule has 0 heterocycles. The van der Waals surface area contributed by atoms with Crippen molar-refractivity contribution in [3.8, 4) is 11.8 Å². The van der Waals surface area contributed by atoms with Crippen LogP contribution in [0.1, 0.15) is 87.0 Å². The summed E-state index contributed by atoms with van der Waals surface area (Å²) in [5.74, 6) is 6.96. The van der Waals surface area contributed by atoms with Crippen LogP contribution in [-0.2, 0) is 18.3 Å². The Bertz CT molecular complexity index is 1050. The average molecular weight is 611 g/mol. The van der Waals surface area contributed by atoms with Crippen LogP contribution in [0.4, 0.5) is 0 Å². The van der Waals surface area contributed by atoms with Crippen molar-refractivity contribution < 1.29 is 18.3 Å². The van der Waals surface area contributed by atoms with E-state index in [1.807, 2.05) is 0 Å². The monoisotopic (exact) mass is 610 g/mol. The zero-order valence-electron chi connectivity index (χ0n) is 28.4. The highest BCUT2D eigenvalue weighted by molar-refractivity contribution is 6.99. The van der Waals surface area contributed by atoms with Gasteiger partial charge in [-0.05, 0) is 59.7 Å². The first-order valence-corrected chi connectivity index (χ1v) is 20.5. The summed E-state index contributed by atoms with van der Waals surface area (Å²) in [6.07, 6.45) is 5.56. The molecule has 2 aromatic rings. The third-order valence-electron chi connectivity index (χ3n) is 8.66. The van der Waals surface area contributed by atoms with Crippen molar-refractivity contribution in [3.63, 3.8) is 0 Å². The fourth-order valence-corrected chi connectivity index (χ4v) is 11.3. The number of ether oxygens (including phenoxy) is 2. The maximum Gasteiger partial charge on any atom is 0.261 e. The predicted molar refractivity (Wildman–Crippen MR) is 184 cm³/mol. The van der Waals surface area contributed by atoms with Gasteiger partial charge in [0.2, 0.25) is 0 Å². The minimum atomic E-state index is -2.68. The van der Waals surface area contributed by atoms with Gasteiger partial charge >= 0.3 is 0 Å². The number of hydrogen-bond donors (Lipinski definition) is 0. The lowest BCUT2D eigenvalue weighted by atomic mass is 10.1. The highest BCUT2D eigenvalue weighted by Crippen LogP contribution is 2.39. The van der Waals surface area contributed by atoms with Crippen molar-refractivity contribution in [2.45, 2.75) is 129 Å². The molecule has 0 spiro atoms. The molecular weight excluding hydrogens is 553 g/mol. The van der Waals surface area contributed by atoms with Gasteiger partial charge in [0.05, 0.1) is 6.10 Å². The summed E-state index contributed by atoms with van der Waals surface area (Å²) in [5, 5.41) is 2.69. The number of hydrogen-bond acceptors (Lipinski definition) is 4. The first-order valence-electron chi connectivity index (χ1n) is 15.7. The smallest absolute Gasteiger partial charge is 0.261 e. The van der Waals surface area contributed by atoms with Gasteiger partial charge in [-0.25, -0.2) is 0 Å². The number of rotatable bonds is 15. The Morgan fingerprint density at radius 3 is 1.64 bits per heavy atom. The molecule has 0 aliphatic carbocycles. The van der Waals surface area contributed by atoms with Crippen molar-refractivity contribution in [1.29, 1.82) is 0 Å². The van der Waals surface area contributed by atoms with Gasteiger partial charge in [0, 0.05) is 20.6 Å². The number of benzene rings is 2. The number of unbranched alkanes of at least 4 members (excludes halogenated alkanes) is 2. The van der Waals surface area contributed by atoms with Gasteiger partial charge in [0.25, 0.3) is 8.32 Å². The molecule has 0 aliphatic heterocycles. The Hall–Kier alpha value is -1.73. The topological polar surface area (TPSA) is 36.9 Å². The maximum atomic E-state index is 7.54. The quantitative estimate of drug-likeness (QED) is 0.0880. The molecule has 0 saturated heterocycles. The lowest BCUT2D eigenvalue weighted by Crippen LogP contribution is -2.67. The van der Waals surface area contributed by atoms with Gasteiger partial charge < -0.3 is 18.3 Å². The molecule has 4 nitrogen and oxygen atoms in total. The highest BCUT2D eigenvalue weighted by atomic mass is 28.4.